The minimum Gasteiger partial charge on any atom is -0.462 e. The summed E-state index contributed by atoms with van der Waals surface area (Å²) in [6.07, 6.45) is 0. The van der Waals surface area contributed by atoms with E-state index in [4.69, 9.17) is 4.74 Å². The van der Waals surface area contributed by atoms with Crippen molar-refractivity contribution in [3.63, 3.8) is 0 Å². The minimum atomic E-state index is -3.70. The van der Waals surface area contributed by atoms with Gasteiger partial charge in [0.15, 0.2) is 11.0 Å². The number of hydrogen-bond donors (Lipinski definition) is 1. The van der Waals surface area contributed by atoms with Crippen molar-refractivity contribution in [1.82, 2.24) is 19.1 Å². The Kier molecular flexibility index (Phi) is 10.7. The van der Waals surface area contributed by atoms with Gasteiger partial charge in [0.05, 0.1) is 17.3 Å². The maximum Gasteiger partial charge on any atom is 0.341 e. The fraction of sp³-hybridized carbons (Fsp3) is 0.212. The number of benzene rings is 3. The Labute approximate surface area is 276 Å². The predicted octanol–water partition coefficient (Wildman–Crippen LogP) is 6.60. The average Bonchev–Trinajstić information content (AvgIpc) is 3.70. The number of rotatable bonds is 13. The fourth-order valence-electron chi connectivity index (χ4n) is 4.85. The first kappa shape index (κ1) is 33.1. The second kappa shape index (κ2) is 14.9. The second-order valence-corrected chi connectivity index (χ2v) is 13.6. The van der Waals surface area contributed by atoms with Gasteiger partial charge in [0.1, 0.15) is 10.6 Å². The highest BCUT2D eigenvalue weighted by atomic mass is 32.2. The number of esters is 1. The highest BCUT2D eigenvalue weighted by Crippen LogP contribution is 2.37. The van der Waals surface area contributed by atoms with Crippen molar-refractivity contribution in [3.05, 3.63) is 95.9 Å². The Morgan fingerprint density at radius 1 is 0.913 bits per heavy atom. The van der Waals surface area contributed by atoms with E-state index in [1.807, 2.05) is 66.0 Å². The number of nitrogens with zero attached hydrogens (tertiary/aromatic N) is 4. The van der Waals surface area contributed by atoms with Crippen LogP contribution < -0.4 is 5.32 Å². The average molecular weight is 676 g/mol. The van der Waals surface area contributed by atoms with Gasteiger partial charge in [-0.15, -0.1) is 21.5 Å². The molecule has 5 aromatic rings. The van der Waals surface area contributed by atoms with Crippen molar-refractivity contribution >= 4 is 50.0 Å². The highest BCUT2D eigenvalue weighted by molar-refractivity contribution is 7.99. The van der Waals surface area contributed by atoms with Crippen LogP contribution >= 0.6 is 23.1 Å². The van der Waals surface area contributed by atoms with Crippen LogP contribution in [0, 0.1) is 0 Å². The molecule has 1 amide bonds. The lowest BCUT2D eigenvalue weighted by atomic mass is 10.0. The van der Waals surface area contributed by atoms with Crippen LogP contribution in [0.1, 0.15) is 31.1 Å². The molecule has 0 aliphatic heterocycles. The Hall–Kier alpha value is -4.30. The molecule has 0 atom stereocenters. The van der Waals surface area contributed by atoms with Gasteiger partial charge in [-0.3, -0.25) is 9.36 Å². The van der Waals surface area contributed by atoms with Crippen LogP contribution in [0.4, 0.5) is 5.00 Å². The molecule has 2 aromatic heterocycles. The quantitative estimate of drug-likeness (QED) is 0.109. The van der Waals surface area contributed by atoms with E-state index in [9.17, 15) is 18.0 Å². The zero-order valence-corrected chi connectivity index (χ0v) is 28.0. The number of anilines is 1. The first-order valence-electron chi connectivity index (χ1n) is 14.7. The molecule has 3 aromatic carbocycles. The number of ether oxygens (including phenoxy) is 1. The molecule has 13 heteroatoms. The van der Waals surface area contributed by atoms with Crippen LogP contribution in [0.5, 0.6) is 0 Å². The maximum absolute atomic E-state index is 13.3. The summed E-state index contributed by atoms with van der Waals surface area (Å²) in [7, 11) is -3.70. The van der Waals surface area contributed by atoms with Gasteiger partial charge < -0.3 is 10.1 Å². The molecule has 1 N–H and O–H groups in total. The van der Waals surface area contributed by atoms with Gasteiger partial charge in [-0.25, -0.2) is 13.2 Å². The highest BCUT2D eigenvalue weighted by Gasteiger charge is 2.25. The topological polar surface area (TPSA) is 123 Å². The van der Waals surface area contributed by atoms with Gasteiger partial charge in [-0.1, -0.05) is 86.3 Å². The number of thiophene rings is 1. The smallest absolute Gasteiger partial charge is 0.341 e. The van der Waals surface area contributed by atoms with Crippen LogP contribution in [0.15, 0.2) is 100 Å². The molecule has 46 heavy (non-hydrogen) atoms. The number of amides is 1. The summed E-state index contributed by atoms with van der Waals surface area (Å²) >= 11 is 2.43. The monoisotopic (exact) mass is 675 g/mol. The summed E-state index contributed by atoms with van der Waals surface area (Å²) in [6, 6.07) is 25.5. The number of carbonyl (C=O) groups is 2. The molecule has 0 radical (unpaired) electrons. The van der Waals surface area contributed by atoms with Crippen molar-refractivity contribution in [2.45, 2.75) is 30.8 Å². The minimum absolute atomic E-state index is 0.0256. The number of aromatic nitrogens is 3. The lowest BCUT2D eigenvalue weighted by Crippen LogP contribution is -2.30. The van der Waals surface area contributed by atoms with Gasteiger partial charge in [-0.2, -0.15) is 4.31 Å². The van der Waals surface area contributed by atoms with E-state index in [-0.39, 0.29) is 23.2 Å². The Balaban J connectivity index is 1.43. The molecular weight excluding hydrogens is 643 g/mol. The van der Waals surface area contributed by atoms with Crippen LogP contribution in [0.25, 0.3) is 28.2 Å². The molecule has 0 aliphatic carbocycles. The van der Waals surface area contributed by atoms with Crippen LogP contribution in [0.2, 0.25) is 0 Å². The van der Waals surface area contributed by atoms with E-state index >= 15 is 0 Å². The van der Waals surface area contributed by atoms with Crippen molar-refractivity contribution in [3.8, 4) is 28.2 Å². The first-order chi connectivity index (χ1) is 22.3. The number of hydrogen-bond acceptors (Lipinski definition) is 9. The summed E-state index contributed by atoms with van der Waals surface area (Å²) in [5.41, 5.74) is 3.15. The molecule has 0 aliphatic rings. The fourth-order valence-corrected chi connectivity index (χ4v) is 8.08. The summed E-state index contributed by atoms with van der Waals surface area (Å²) in [5, 5.41) is 14.4. The lowest BCUT2D eigenvalue weighted by Gasteiger charge is -2.19. The largest absolute Gasteiger partial charge is 0.462 e. The predicted molar refractivity (Wildman–Crippen MR) is 182 cm³/mol. The van der Waals surface area contributed by atoms with E-state index in [1.54, 1.807) is 49.6 Å². The number of thioether (sulfide) groups is 1. The second-order valence-electron chi connectivity index (χ2n) is 9.87. The Morgan fingerprint density at radius 3 is 2.26 bits per heavy atom. The molecular formula is C33H33N5O5S3. The van der Waals surface area contributed by atoms with Crippen LogP contribution in [0.3, 0.4) is 0 Å². The van der Waals surface area contributed by atoms with Gasteiger partial charge in [0, 0.05) is 35.3 Å². The molecule has 10 nitrogen and oxygen atoms in total. The first-order valence-corrected chi connectivity index (χ1v) is 18.0. The van der Waals surface area contributed by atoms with E-state index < -0.39 is 16.0 Å². The zero-order chi connectivity index (χ0) is 32.7. The normalized spacial score (nSPS) is 11.5. The maximum atomic E-state index is 13.3. The lowest BCUT2D eigenvalue weighted by molar-refractivity contribution is -0.113. The van der Waals surface area contributed by atoms with Gasteiger partial charge >= 0.3 is 5.97 Å². The molecule has 0 fully saturated rings. The Bertz CT molecular complexity index is 1920. The van der Waals surface area contributed by atoms with Gasteiger partial charge in [-0.05, 0) is 36.8 Å². The molecule has 0 saturated heterocycles. The summed E-state index contributed by atoms with van der Waals surface area (Å²) in [6.45, 7) is 6.25. The molecule has 2 heterocycles. The number of sulfonamides is 1. The molecule has 0 saturated carbocycles. The number of nitrogens with one attached hydrogen (secondary N) is 1. The van der Waals surface area contributed by atoms with Gasteiger partial charge in [0.25, 0.3) is 0 Å². The summed E-state index contributed by atoms with van der Waals surface area (Å²) < 4.78 is 35.0. The Morgan fingerprint density at radius 2 is 1.59 bits per heavy atom. The van der Waals surface area contributed by atoms with Crippen molar-refractivity contribution in [2.24, 2.45) is 0 Å². The summed E-state index contributed by atoms with van der Waals surface area (Å²) in [5.74, 6) is -0.443. The van der Waals surface area contributed by atoms with E-state index in [1.165, 1.54) is 27.4 Å². The standard InChI is InChI=1S/C33H33N5O5S3/c1-4-37(5-2)46(41,42)26-19-13-16-24(20-26)30-35-36-33(38(30)25-17-11-8-12-18-25)45-22-28(39)34-31-29(32(40)43-6-3)27(21-44-31)23-14-9-7-10-15-23/h7-21H,4-6,22H2,1-3H3,(H,34,39). The number of carbonyl (C=O) groups excluding carboxylic acids is 2. The molecule has 0 bridgehead atoms. The van der Waals surface area contributed by atoms with E-state index in [0.717, 1.165) is 11.3 Å². The van der Waals surface area contributed by atoms with Crippen molar-refractivity contribution in [2.75, 3.05) is 30.8 Å². The summed E-state index contributed by atoms with van der Waals surface area (Å²) in [4.78, 5) is 26.4. The molecule has 0 spiro atoms. The third-order valence-corrected chi connectivity index (χ3v) is 10.9. The van der Waals surface area contributed by atoms with E-state index in [2.05, 4.69) is 15.5 Å². The van der Waals surface area contributed by atoms with Crippen molar-refractivity contribution in [1.29, 1.82) is 0 Å². The zero-order valence-electron chi connectivity index (χ0n) is 25.5. The molecule has 5 rings (SSSR count). The van der Waals surface area contributed by atoms with Gasteiger partial charge in [0.2, 0.25) is 15.9 Å². The third-order valence-electron chi connectivity index (χ3n) is 7.02. The van der Waals surface area contributed by atoms with E-state index in [0.29, 0.717) is 45.8 Å². The van der Waals surface area contributed by atoms with Crippen molar-refractivity contribution < 1.29 is 22.7 Å². The molecule has 0 unspecified atom stereocenters. The molecule has 238 valence electrons. The number of para-hydroxylation sites is 1. The van der Waals surface area contributed by atoms with Crippen LogP contribution in [-0.4, -0.2) is 64.8 Å². The SMILES string of the molecule is CCOC(=O)c1c(-c2ccccc2)csc1NC(=O)CSc1nnc(-c2cccc(S(=O)(=O)N(CC)CC)c2)n1-c1ccccc1. The van der Waals surface area contributed by atoms with Crippen LogP contribution in [-0.2, 0) is 19.6 Å². The third kappa shape index (κ3) is 7.07.